The van der Waals surface area contributed by atoms with Gasteiger partial charge in [-0.3, -0.25) is 0 Å². The molecule has 0 saturated heterocycles. The van der Waals surface area contributed by atoms with Crippen molar-refractivity contribution >= 4 is 17.2 Å². The van der Waals surface area contributed by atoms with E-state index in [9.17, 15) is 4.39 Å². The number of hydrogen-bond acceptors (Lipinski definition) is 3. The molecule has 0 heterocycles. The second-order valence-corrected chi connectivity index (χ2v) is 5.67. The highest BCUT2D eigenvalue weighted by Gasteiger charge is 2.09. The molecule has 106 valence electrons. The van der Waals surface area contributed by atoms with Crippen molar-refractivity contribution in [3.63, 3.8) is 0 Å². The van der Waals surface area contributed by atoms with Gasteiger partial charge in [-0.15, -0.1) is 0 Å². The Hall–Kier alpha value is -1.04. The molecule has 0 bridgehead atoms. The summed E-state index contributed by atoms with van der Waals surface area (Å²) in [4.78, 5) is 0.178. The monoisotopic (exact) mass is 285 g/mol. The van der Waals surface area contributed by atoms with Crippen LogP contribution in [0.25, 0.3) is 0 Å². The van der Waals surface area contributed by atoms with Crippen LogP contribution in [0.2, 0.25) is 0 Å². The van der Waals surface area contributed by atoms with Crippen molar-refractivity contribution < 1.29 is 13.9 Å². The Morgan fingerprint density at radius 1 is 1.26 bits per heavy atom. The molecule has 0 aliphatic heterocycles. The first kappa shape index (κ1) is 16.0. The van der Waals surface area contributed by atoms with Crippen molar-refractivity contribution in [1.29, 1.82) is 0 Å². The molecule has 1 aromatic rings. The first-order chi connectivity index (χ1) is 8.78. The molecule has 1 rings (SSSR count). The van der Waals surface area contributed by atoms with E-state index in [1.807, 2.05) is 20.8 Å². The van der Waals surface area contributed by atoms with Gasteiger partial charge in [0.2, 0.25) is 0 Å². The van der Waals surface area contributed by atoms with E-state index in [0.29, 0.717) is 30.9 Å². The number of ether oxygens (including phenoxy) is 2. The first-order valence-corrected chi connectivity index (χ1v) is 6.50. The predicted octanol–water partition coefficient (Wildman–Crippen LogP) is 2.79. The third-order valence-electron chi connectivity index (χ3n) is 2.27. The van der Waals surface area contributed by atoms with Gasteiger partial charge < -0.3 is 15.2 Å². The maximum Gasteiger partial charge on any atom is 0.124 e. The lowest BCUT2D eigenvalue weighted by Crippen LogP contribution is -2.21. The van der Waals surface area contributed by atoms with Crippen LogP contribution >= 0.6 is 12.2 Å². The molecule has 3 nitrogen and oxygen atoms in total. The van der Waals surface area contributed by atoms with Gasteiger partial charge in [-0.25, -0.2) is 4.39 Å². The maximum absolute atomic E-state index is 13.3. The average Bonchev–Trinajstić information content (AvgIpc) is 2.26. The summed E-state index contributed by atoms with van der Waals surface area (Å²) < 4.78 is 24.3. The van der Waals surface area contributed by atoms with Gasteiger partial charge >= 0.3 is 0 Å². The van der Waals surface area contributed by atoms with Gasteiger partial charge in [-0.1, -0.05) is 12.2 Å². The van der Waals surface area contributed by atoms with Gasteiger partial charge in [-0.05, 0) is 44.5 Å². The molecule has 0 aliphatic carbocycles. The lowest BCUT2D eigenvalue weighted by atomic mass is 10.1. The van der Waals surface area contributed by atoms with E-state index in [1.54, 1.807) is 6.07 Å². The van der Waals surface area contributed by atoms with Crippen LogP contribution in [0.4, 0.5) is 4.39 Å². The van der Waals surface area contributed by atoms with E-state index in [0.717, 1.165) is 0 Å². The highest BCUT2D eigenvalue weighted by molar-refractivity contribution is 7.80. The third kappa shape index (κ3) is 6.61. The smallest absolute Gasteiger partial charge is 0.124 e. The second kappa shape index (κ2) is 6.93. The summed E-state index contributed by atoms with van der Waals surface area (Å²) in [6, 6.07) is 4.46. The lowest BCUT2D eigenvalue weighted by Gasteiger charge is -2.19. The minimum absolute atomic E-state index is 0.178. The fourth-order valence-corrected chi connectivity index (χ4v) is 1.59. The van der Waals surface area contributed by atoms with Crippen LogP contribution in [0.15, 0.2) is 18.2 Å². The highest BCUT2D eigenvalue weighted by Crippen LogP contribution is 2.11. The summed E-state index contributed by atoms with van der Waals surface area (Å²) in [6.45, 7) is 7.20. The Balaban J connectivity index is 2.43. The molecule has 0 aliphatic rings. The Labute approximate surface area is 118 Å². The molecule has 0 atom stereocenters. The van der Waals surface area contributed by atoms with Gasteiger partial charge in [0.15, 0.2) is 0 Å². The van der Waals surface area contributed by atoms with Crippen molar-refractivity contribution in [2.45, 2.75) is 33.0 Å². The first-order valence-electron chi connectivity index (χ1n) is 6.09. The van der Waals surface area contributed by atoms with Crippen LogP contribution in [0.5, 0.6) is 0 Å². The molecule has 1 aromatic carbocycles. The molecule has 0 radical (unpaired) electrons. The zero-order chi connectivity index (χ0) is 14.5. The summed E-state index contributed by atoms with van der Waals surface area (Å²) in [6.07, 6.45) is 0. The van der Waals surface area contributed by atoms with Crippen LogP contribution in [-0.2, 0) is 16.1 Å². The molecule has 0 fully saturated rings. The van der Waals surface area contributed by atoms with Gasteiger partial charge in [0.1, 0.15) is 10.8 Å². The van der Waals surface area contributed by atoms with Crippen molar-refractivity contribution in [2.24, 2.45) is 5.73 Å². The summed E-state index contributed by atoms with van der Waals surface area (Å²) in [7, 11) is 0. The van der Waals surface area contributed by atoms with E-state index in [-0.39, 0.29) is 16.4 Å². The lowest BCUT2D eigenvalue weighted by molar-refractivity contribution is -0.0377. The van der Waals surface area contributed by atoms with E-state index >= 15 is 0 Å². The standard InChI is InChI=1S/C14H20FNO2S/c1-14(2,3)18-5-4-17-9-10-6-11(13(16)19)8-12(15)7-10/h6-8H,4-5,9H2,1-3H3,(H2,16,19). The third-order valence-corrected chi connectivity index (χ3v) is 2.51. The van der Waals surface area contributed by atoms with E-state index in [2.05, 4.69) is 0 Å². The van der Waals surface area contributed by atoms with E-state index < -0.39 is 0 Å². The normalized spacial score (nSPS) is 11.6. The predicted molar refractivity (Wildman–Crippen MR) is 77.6 cm³/mol. The van der Waals surface area contributed by atoms with E-state index in [4.69, 9.17) is 27.4 Å². The van der Waals surface area contributed by atoms with Crippen LogP contribution in [0, 0.1) is 5.82 Å². The van der Waals surface area contributed by atoms with Crippen molar-refractivity contribution in [2.75, 3.05) is 13.2 Å². The molecule has 0 saturated carbocycles. The number of benzene rings is 1. The fourth-order valence-electron chi connectivity index (χ4n) is 1.47. The van der Waals surface area contributed by atoms with Crippen LogP contribution in [0.3, 0.4) is 0 Å². The van der Waals surface area contributed by atoms with Gasteiger partial charge in [0.05, 0.1) is 25.4 Å². The molecular formula is C14H20FNO2S. The zero-order valence-electron chi connectivity index (χ0n) is 11.5. The Morgan fingerprint density at radius 2 is 1.95 bits per heavy atom. The van der Waals surface area contributed by atoms with Crippen molar-refractivity contribution in [3.8, 4) is 0 Å². The number of hydrogen-bond donors (Lipinski definition) is 1. The Bertz CT molecular complexity index is 444. The molecule has 0 unspecified atom stereocenters. The van der Waals surface area contributed by atoms with Gasteiger partial charge in [-0.2, -0.15) is 0 Å². The maximum atomic E-state index is 13.3. The van der Waals surface area contributed by atoms with Crippen molar-refractivity contribution in [3.05, 3.63) is 35.1 Å². The zero-order valence-corrected chi connectivity index (χ0v) is 12.3. The summed E-state index contributed by atoms with van der Waals surface area (Å²) >= 11 is 4.83. The molecule has 2 N–H and O–H groups in total. The quantitative estimate of drug-likeness (QED) is 0.645. The minimum Gasteiger partial charge on any atom is -0.389 e. The average molecular weight is 285 g/mol. The Kier molecular flexibility index (Phi) is 5.85. The van der Waals surface area contributed by atoms with Crippen LogP contribution in [0.1, 0.15) is 31.9 Å². The van der Waals surface area contributed by atoms with Crippen LogP contribution in [-0.4, -0.2) is 23.8 Å². The fraction of sp³-hybridized carbons (Fsp3) is 0.500. The van der Waals surface area contributed by atoms with E-state index in [1.165, 1.54) is 12.1 Å². The largest absolute Gasteiger partial charge is 0.389 e. The molecule has 0 spiro atoms. The summed E-state index contributed by atoms with van der Waals surface area (Å²) in [5, 5.41) is 0. The minimum atomic E-state index is -0.366. The Morgan fingerprint density at radius 3 is 2.53 bits per heavy atom. The number of nitrogens with two attached hydrogens (primary N) is 1. The van der Waals surface area contributed by atoms with Gasteiger partial charge in [0.25, 0.3) is 0 Å². The number of rotatable bonds is 6. The van der Waals surface area contributed by atoms with Crippen LogP contribution < -0.4 is 5.73 Å². The number of thiocarbonyl (C=S) groups is 1. The SMILES string of the molecule is CC(C)(C)OCCOCc1cc(F)cc(C(N)=S)c1. The molecule has 0 aromatic heterocycles. The summed E-state index contributed by atoms with van der Waals surface area (Å²) in [5.41, 5.74) is 6.52. The highest BCUT2D eigenvalue weighted by atomic mass is 32.1. The van der Waals surface area contributed by atoms with Crippen molar-refractivity contribution in [1.82, 2.24) is 0 Å². The topological polar surface area (TPSA) is 44.5 Å². The molecular weight excluding hydrogens is 265 g/mol. The number of halogens is 1. The molecule has 19 heavy (non-hydrogen) atoms. The second-order valence-electron chi connectivity index (χ2n) is 5.23. The van der Waals surface area contributed by atoms with Gasteiger partial charge in [0, 0.05) is 5.56 Å². The molecule has 5 heteroatoms. The summed E-state index contributed by atoms with van der Waals surface area (Å²) in [5.74, 6) is -0.366. The molecule has 0 amide bonds.